The van der Waals surface area contributed by atoms with E-state index in [9.17, 15) is 4.79 Å². The number of tetrazole rings is 1. The highest BCUT2D eigenvalue weighted by atomic mass is 32.2. The zero-order valence-electron chi connectivity index (χ0n) is 9.87. The molecule has 1 aromatic rings. The molecular formula is C9H16N4O3S. The van der Waals surface area contributed by atoms with E-state index in [1.807, 2.05) is 0 Å². The number of carbonyl (C=O) groups is 1. The second-order valence-corrected chi connectivity index (χ2v) is 4.78. The van der Waals surface area contributed by atoms with E-state index in [4.69, 9.17) is 9.84 Å². The van der Waals surface area contributed by atoms with Crippen LogP contribution in [0.1, 0.15) is 13.8 Å². The summed E-state index contributed by atoms with van der Waals surface area (Å²) < 4.78 is 6.96. The van der Waals surface area contributed by atoms with Crippen molar-refractivity contribution in [2.45, 2.75) is 25.5 Å². The summed E-state index contributed by atoms with van der Waals surface area (Å²) in [5, 5.41) is 20.1. The molecule has 0 atom stereocenters. The van der Waals surface area contributed by atoms with Gasteiger partial charge in [-0.05, 0) is 16.3 Å². The van der Waals surface area contributed by atoms with E-state index in [0.717, 1.165) is 11.8 Å². The molecule has 0 saturated heterocycles. The highest BCUT2D eigenvalue weighted by Gasteiger charge is 2.08. The van der Waals surface area contributed by atoms with Gasteiger partial charge in [-0.1, -0.05) is 25.6 Å². The van der Waals surface area contributed by atoms with Crippen LogP contribution in [0.15, 0.2) is 5.16 Å². The monoisotopic (exact) mass is 260 g/mol. The Labute approximate surface area is 104 Å². The first-order valence-electron chi connectivity index (χ1n) is 5.28. The molecule has 0 aliphatic rings. The smallest absolute Gasteiger partial charge is 0.313 e. The van der Waals surface area contributed by atoms with E-state index in [1.165, 1.54) is 0 Å². The van der Waals surface area contributed by atoms with Crippen molar-refractivity contribution in [2.24, 2.45) is 5.92 Å². The summed E-state index contributed by atoms with van der Waals surface area (Å²) in [7, 11) is 0. The number of nitrogens with zero attached hydrogens (tertiary/aromatic N) is 4. The molecule has 1 rings (SSSR count). The van der Waals surface area contributed by atoms with Crippen molar-refractivity contribution in [3.63, 3.8) is 0 Å². The van der Waals surface area contributed by atoms with Crippen molar-refractivity contribution in [1.29, 1.82) is 0 Å². The first kappa shape index (κ1) is 13.9. The molecule has 0 aliphatic carbocycles. The summed E-state index contributed by atoms with van der Waals surface area (Å²) in [6, 6.07) is 0. The third-order valence-electron chi connectivity index (χ3n) is 1.72. The van der Waals surface area contributed by atoms with Crippen molar-refractivity contribution in [3.05, 3.63) is 0 Å². The molecule has 7 nitrogen and oxygen atoms in total. The lowest BCUT2D eigenvalue weighted by Gasteiger charge is -2.07. The first-order valence-corrected chi connectivity index (χ1v) is 6.26. The van der Waals surface area contributed by atoms with Gasteiger partial charge >= 0.3 is 5.97 Å². The van der Waals surface area contributed by atoms with Gasteiger partial charge in [-0.2, -0.15) is 0 Å². The molecule has 1 N–H and O–H groups in total. The molecule has 0 amide bonds. The predicted octanol–water partition coefficient (Wildman–Crippen LogP) is 0.522. The molecule has 1 aromatic heterocycles. The zero-order valence-corrected chi connectivity index (χ0v) is 10.7. The third-order valence-corrected chi connectivity index (χ3v) is 2.66. The molecule has 1 heterocycles. The van der Waals surface area contributed by atoms with Gasteiger partial charge in [-0.3, -0.25) is 4.79 Å². The highest BCUT2D eigenvalue weighted by molar-refractivity contribution is 7.99. The van der Waals surface area contributed by atoms with Crippen LogP contribution in [0.2, 0.25) is 0 Å². The first-order chi connectivity index (χ1) is 8.09. The number of rotatable bonds is 8. The fourth-order valence-electron chi connectivity index (χ4n) is 1.04. The van der Waals surface area contributed by atoms with E-state index in [0.29, 0.717) is 30.8 Å². The zero-order chi connectivity index (χ0) is 12.7. The summed E-state index contributed by atoms with van der Waals surface area (Å²) in [5.74, 6) is -0.446. The van der Waals surface area contributed by atoms with E-state index in [-0.39, 0.29) is 5.75 Å². The Morgan fingerprint density at radius 3 is 3.00 bits per heavy atom. The van der Waals surface area contributed by atoms with E-state index in [2.05, 4.69) is 29.4 Å². The molecule has 0 spiro atoms. The normalized spacial score (nSPS) is 11.0. The predicted molar refractivity (Wildman–Crippen MR) is 61.8 cm³/mol. The Morgan fingerprint density at radius 2 is 2.35 bits per heavy atom. The largest absolute Gasteiger partial charge is 0.481 e. The molecule has 96 valence electrons. The minimum absolute atomic E-state index is 0.0484. The number of hydrogen-bond donors (Lipinski definition) is 1. The molecule has 0 bridgehead atoms. The quantitative estimate of drug-likeness (QED) is 0.538. The Morgan fingerprint density at radius 1 is 1.59 bits per heavy atom. The van der Waals surface area contributed by atoms with Gasteiger partial charge in [0.1, 0.15) is 0 Å². The SMILES string of the molecule is CC(C)COCCn1nnnc1SCC(=O)O. The molecule has 0 aromatic carbocycles. The van der Waals surface area contributed by atoms with Crippen LogP contribution in [0.4, 0.5) is 0 Å². The van der Waals surface area contributed by atoms with E-state index >= 15 is 0 Å². The number of thioether (sulfide) groups is 1. The fraction of sp³-hybridized carbons (Fsp3) is 0.778. The average Bonchev–Trinajstić information content (AvgIpc) is 2.68. The fourth-order valence-corrected chi connectivity index (χ4v) is 1.66. The van der Waals surface area contributed by atoms with Crippen molar-refractivity contribution < 1.29 is 14.6 Å². The van der Waals surface area contributed by atoms with Crippen LogP contribution in [0.25, 0.3) is 0 Å². The lowest BCUT2D eigenvalue weighted by atomic mass is 10.2. The van der Waals surface area contributed by atoms with E-state index in [1.54, 1.807) is 4.68 Å². The number of carboxylic acid groups (broad SMARTS) is 1. The van der Waals surface area contributed by atoms with Crippen LogP contribution in [0.3, 0.4) is 0 Å². The molecule has 0 aliphatic heterocycles. The van der Waals surface area contributed by atoms with Crippen LogP contribution in [0.5, 0.6) is 0 Å². The maximum atomic E-state index is 10.4. The maximum absolute atomic E-state index is 10.4. The average molecular weight is 260 g/mol. The topological polar surface area (TPSA) is 90.1 Å². The number of hydrogen-bond acceptors (Lipinski definition) is 6. The number of carboxylic acids is 1. The van der Waals surface area contributed by atoms with Gasteiger partial charge in [0.15, 0.2) is 0 Å². The molecular weight excluding hydrogens is 244 g/mol. The van der Waals surface area contributed by atoms with Crippen LogP contribution < -0.4 is 0 Å². The van der Waals surface area contributed by atoms with Crippen molar-refractivity contribution in [1.82, 2.24) is 20.2 Å². The van der Waals surface area contributed by atoms with E-state index < -0.39 is 5.97 Å². The Hall–Kier alpha value is -1.15. The van der Waals surface area contributed by atoms with Gasteiger partial charge in [0.25, 0.3) is 0 Å². The molecule has 0 radical (unpaired) electrons. The van der Waals surface area contributed by atoms with Gasteiger partial charge in [-0.15, -0.1) is 5.10 Å². The van der Waals surface area contributed by atoms with Crippen molar-refractivity contribution in [3.8, 4) is 0 Å². The van der Waals surface area contributed by atoms with Crippen LogP contribution >= 0.6 is 11.8 Å². The summed E-state index contributed by atoms with van der Waals surface area (Å²) in [6.07, 6.45) is 0. The van der Waals surface area contributed by atoms with Gasteiger partial charge in [-0.25, -0.2) is 4.68 Å². The Balaban J connectivity index is 2.32. The van der Waals surface area contributed by atoms with Gasteiger partial charge in [0.05, 0.1) is 18.9 Å². The molecule has 0 saturated carbocycles. The molecule has 0 unspecified atom stereocenters. The second-order valence-electron chi connectivity index (χ2n) is 3.84. The summed E-state index contributed by atoms with van der Waals surface area (Å²) in [4.78, 5) is 10.4. The summed E-state index contributed by atoms with van der Waals surface area (Å²) in [5.41, 5.74) is 0. The number of aromatic nitrogens is 4. The van der Waals surface area contributed by atoms with Crippen LogP contribution in [-0.4, -0.2) is 50.2 Å². The summed E-state index contributed by atoms with van der Waals surface area (Å²) in [6.45, 7) is 5.89. The van der Waals surface area contributed by atoms with Gasteiger partial charge in [0, 0.05) is 6.61 Å². The third kappa shape index (κ3) is 5.64. The molecule has 0 fully saturated rings. The Bertz CT molecular complexity index is 356. The maximum Gasteiger partial charge on any atom is 0.313 e. The van der Waals surface area contributed by atoms with Crippen LogP contribution in [0, 0.1) is 5.92 Å². The number of ether oxygens (including phenoxy) is 1. The second kappa shape index (κ2) is 7.23. The molecule has 8 heteroatoms. The van der Waals surface area contributed by atoms with Gasteiger partial charge in [0.2, 0.25) is 5.16 Å². The minimum atomic E-state index is -0.888. The minimum Gasteiger partial charge on any atom is -0.481 e. The van der Waals surface area contributed by atoms with Gasteiger partial charge < -0.3 is 9.84 Å². The number of aliphatic carboxylic acids is 1. The standard InChI is InChI=1S/C9H16N4O3S/c1-7(2)5-16-4-3-13-9(10-11-12-13)17-6-8(14)15/h7H,3-6H2,1-2H3,(H,14,15). The van der Waals surface area contributed by atoms with Crippen molar-refractivity contribution >= 4 is 17.7 Å². The van der Waals surface area contributed by atoms with Crippen LogP contribution in [-0.2, 0) is 16.1 Å². The van der Waals surface area contributed by atoms with Crippen molar-refractivity contribution in [2.75, 3.05) is 19.0 Å². The lowest BCUT2D eigenvalue weighted by molar-refractivity contribution is -0.133. The Kier molecular flexibility index (Phi) is 5.92. The lowest BCUT2D eigenvalue weighted by Crippen LogP contribution is -2.12. The molecule has 17 heavy (non-hydrogen) atoms. The highest BCUT2D eigenvalue weighted by Crippen LogP contribution is 2.12. The summed E-state index contributed by atoms with van der Waals surface area (Å²) >= 11 is 1.10.